The molecule has 0 fully saturated rings. The topological polar surface area (TPSA) is 43.1 Å². The minimum absolute atomic E-state index is 0.0367. The van der Waals surface area contributed by atoms with E-state index in [0.29, 0.717) is 6.42 Å². The Hall–Kier alpha value is -1.74. The van der Waals surface area contributed by atoms with E-state index in [1.807, 2.05) is 36.6 Å². The molecule has 0 aromatic heterocycles. The number of amides is 1. The lowest BCUT2D eigenvalue weighted by Gasteiger charge is -2.16. The Morgan fingerprint density at radius 1 is 1.05 bits per heavy atom. The quantitative estimate of drug-likeness (QED) is 0.847. The number of hydrogen-bond donors (Lipinski definition) is 1. The number of primary amides is 1. The van der Waals surface area contributed by atoms with Gasteiger partial charge in [-0.05, 0) is 29.5 Å². The van der Waals surface area contributed by atoms with Crippen LogP contribution in [0.25, 0.3) is 0 Å². The van der Waals surface area contributed by atoms with Gasteiger partial charge in [0.05, 0.1) is 0 Å². The average Bonchev–Trinajstić information content (AvgIpc) is 2.46. The molecule has 3 heteroatoms. The molecule has 0 aliphatic rings. The van der Waals surface area contributed by atoms with Crippen molar-refractivity contribution in [2.45, 2.75) is 17.2 Å². The van der Waals surface area contributed by atoms with E-state index in [0.717, 1.165) is 11.1 Å². The highest BCUT2D eigenvalue weighted by Gasteiger charge is 2.16. The Labute approximate surface area is 118 Å². The monoisotopic (exact) mass is 271 g/mol. The zero-order chi connectivity index (χ0) is 13.7. The van der Waals surface area contributed by atoms with Crippen LogP contribution in [-0.2, 0) is 4.79 Å². The van der Waals surface area contributed by atoms with Crippen LogP contribution in [0.1, 0.15) is 23.5 Å². The molecular formula is C16H17NOS. The van der Waals surface area contributed by atoms with Gasteiger partial charge >= 0.3 is 0 Å². The summed E-state index contributed by atoms with van der Waals surface area (Å²) in [5.41, 5.74) is 7.63. The van der Waals surface area contributed by atoms with Gasteiger partial charge in [0.1, 0.15) is 0 Å². The molecule has 0 saturated carbocycles. The number of carbonyl (C=O) groups is 1. The number of carbonyl (C=O) groups excluding carboxylic acids is 1. The van der Waals surface area contributed by atoms with E-state index < -0.39 is 0 Å². The molecule has 0 unspecified atom stereocenters. The van der Waals surface area contributed by atoms with Gasteiger partial charge in [-0.3, -0.25) is 4.79 Å². The third kappa shape index (κ3) is 3.61. The summed E-state index contributed by atoms with van der Waals surface area (Å²) in [5, 5.41) is 0. The Bertz CT molecular complexity index is 536. The first-order chi connectivity index (χ1) is 9.20. The third-order valence-corrected chi connectivity index (χ3v) is 3.87. The molecule has 2 aromatic carbocycles. The van der Waals surface area contributed by atoms with Crippen LogP contribution in [0.3, 0.4) is 0 Å². The van der Waals surface area contributed by atoms with Crippen LogP contribution in [-0.4, -0.2) is 12.2 Å². The van der Waals surface area contributed by atoms with Crippen LogP contribution in [0, 0.1) is 0 Å². The lowest BCUT2D eigenvalue weighted by Crippen LogP contribution is -2.16. The molecule has 2 nitrogen and oxygen atoms in total. The molecular weight excluding hydrogens is 254 g/mol. The van der Waals surface area contributed by atoms with E-state index in [9.17, 15) is 4.79 Å². The molecule has 2 rings (SSSR count). The molecule has 19 heavy (non-hydrogen) atoms. The number of thioether (sulfide) groups is 1. The van der Waals surface area contributed by atoms with Crippen molar-refractivity contribution in [2.75, 3.05) is 6.26 Å². The first-order valence-corrected chi connectivity index (χ1v) is 7.40. The molecule has 0 spiro atoms. The minimum atomic E-state index is -0.275. The summed E-state index contributed by atoms with van der Waals surface area (Å²) < 4.78 is 0. The summed E-state index contributed by atoms with van der Waals surface area (Å²) in [5.74, 6) is -0.239. The Morgan fingerprint density at radius 2 is 1.63 bits per heavy atom. The van der Waals surface area contributed by atoms with Crippen molar-refractivity contribution in [1.29, 1.82) is 0 Å². The molecule has 1 atom stereocenters. The second-order valence-corrected chi connectivity index (χ2v) is 5.29. The van der Waals surface area contributed by atoms with Gasteiger partial charge in [0.2, 0.25) is 5.91 Å². The van der Waals surface area contributed by atoms with Crippen molar-refractivity contribution in [3.05, 3.63) is 65.7 Å². The van der Waals surface area contributed by atoms with Gasteiger partial charge in [-0.2, -0.15) is 0 Å². The smallest absolute Gasteiger partial charge is 0.218 e. The van der Waals surface area contributed by atoms with Gasteiger partial charge in [0, 0.05) is 17.2 Å². The van der Waals surface area contributed by atoms with Gasteiger partial charge in [-0.15, -0.1) is 11.8 Å². The summed E-state index contributed by atoms with van der Waals surface area (Å²) in [6.45, 7) is 0. The molecule has 0 aliphatic heterocycles. The maximum Gasteiger partial charge on any atom is 0.218 e. The molecule has 98 valence electrons. The van der Waals surface area contributed by atoms with E-state index in [2.05, 4.69) is 24.3 Å². The first kappa shape index (κ1) is 13.7. The number of benzene rings is 2. The van der Waals surface area contributed by atoms with Crippen LogP contribution in [0.5, 0.6) is 0 Å². The fourth-order valence-electron chi connectivity index (χ4n) is 2.15. The first-order valence-electron chi connectivity index (χ1n) is 6.18. The molecule has 0 heterocycles. The lowest BCUT2D eigenvalue weighted by molar-refractivity contribution is -0.118. The minimum Gasteiger partial charge on any atom is -0.370 e. The maximum absolute atomic E-state index is 11.3. The zero-order valence-electron chi connectivity index (χ0n) is 10.9. The van der Waals surface area contributed by atoms with Crippen molar-refractivity contribution in [3.63, 3.8) is 0 Å². The van der Waals surface area contributed by atoms with Gasteiger partial charge in [-0.1, -0.05) is 42.5 Å². The summed E-state index contributed by atoms with van der Waals surface area (Å²) in [4.78, 5) is 12.5. The molecule has 2 N–H and O–H groups in total. The standard InChI is InChI=1S/C16H17NOS/c1-19-14-9-7-13(8-10-14)15(11-16(17)18)12-5-3-2-4-6-12/h2-10,15H,11H2,1H3,(H2,17,18)/t15-/m0/s1. The van der Waals surface area contributed by atoms with Crippen LogP contribution >= 0.6 is 11.8 Å². The number of rotatable bonds is 5. The van der Waals surface area contributed by atoms with E-state index in [4.69, 9.17) is 5.73 Å². The summed E-state index contributed by atoms with van der Waals surface area (Å²) in [6.07, 6.45) is 2.38. The lowest BCUT2D eigenvalue weighted by atomic mass is 9.88. The SMILES string of the molecule is CSc1ccc([C@@H](CC(N)=O)c2ccccc2)cc1. The van der Waals surface area contributed by atoms with Crippen molar-refractivity contribution >= 4 is 17.7 Å². The molecule has 0 radical (unpaired) electrons. The summed E-state index contributed by atoms with van der Waals surface area (Å²) in [7, 11) is 0. The molecule has 1 amide bonds. The average molecular weight is 271 g/mol. The molecule has 0 saturated heterocycles. The number of nitrogens with two attached hydrogens (primary N) is 1. The highest BCUT2D eigenvalue weighted by atomic mass is 32.2. The van der Waals surface area contributed by atoms with E-state index in [1.54, 1.807) is 11.8 Å². The fraction of sp³-hybridized carbons (Fsp3) is 0.188. The Balaban J connectivity index is 2.34. The summed E-state index contributed by atoms with van der Waals surface area (Å²) >= 11 is 1.71. The van der Waals surface area contributed by atoms with Crippen LogP contribution < -0.4 is 5.73 Å². The van der Waals surface area contributed by atoms with Gasteiger partial charge in [-0.25, -0.2) is 0 Å². The van der Waals surface area contributed by atoms with E-state index >= 15 is 0 Å². The van der Waals surface area contributed by atoms with E-state index in [-0.39, 0.29) is 11.8 Å². The van der Waals surface area contributed by atoms with Crippen LogP contribution in [0.4, 0.5) is 0 Å². The largest absolute Gasteiger partial charge is 0.370 e. The molecule has 0 aliphatic carbocycles. The predicted molar refractivity (Wildman–Crippen MR) is 80.3 cm³/mol. The van der Waals surface area contributed by atoms with Crippen molar-refractivity contribution in [1.82, 2.24) is 0 Å². The second-order valence-electron chi connectivity index (χ2n) is 4.41. The second kappa shape index (κ2) is 6.43. The van der Waals surface area contributed by atoms with Crippen molar-refractivity contribution < 1.29 is 4.79 Å². The highest BCUT2D eigenvalue weighted by Crippen LogP contribution is 2.29. The van der Waals surface area contributed by atoms with Crippen molar-refractivity contribution in [3.8, 4) is 0 Å². The highest BCUT2D eigenvalue weighted by molar-refractivity contribution is 7.98. The maximum atomic E-state index is 11.3. The van der Waals surface area contributed by atoms with Gasteiger partial charge < -0.3 is 5.73 Å². The molecule has 0 bridgehead atoms. The Morgan fingerprint density at radius 3 is 2.16 bits per heavy atom. The third-order valence-electron chi connectivity index (χ3n) is 3.13. The van der Waals surface area contributed by atoms with Crippen molar-refractivity contribution in [2.24, 2.45) is 5.73 Å². The predicted octanol–water partition coefficient (Wildman–Crippen LogP) is 3.42. The zero-order valence-corrected chi connectivity index (χ0v) is 11.7. The Kier molecular flexibility index (Phi) is 4.63. The van der Waals surface area contributed by atoms with Crippen LogP contribution in [0.2, 0.25) is 0 Å². The fourth-order valence-corrected chi connectivity index (χ4v) is 2.56. The number of hydrogen-bond acceptors (Lipinski definition) is 2. The summed E-state index contributed by atoms with van der Waals surface area (Å²) in [6, 6.07) is 18.3. The van der Waals surface area contributed by atoms with Gasteiger partial charge in [0.25, 0.3) is 0 Å². The van der Waals surface area contributed by atoms with Gasteiger partial charge in [0.15, 0.2) is 0 Å². The molecule has 2 aromatic rings. The normalized spacial score (nSPS) is 12.1. The van der Waals surface area contributed by atoms with E-state index in [1.165, 1.54) is 4.90 Å². The van der Waals surface area contributed by atoms with Crippen LogP contribution in [0.15, 0.2) is 59.5 Å².